The van der Waals surface area contributed by atoms with Gasteiger partial charge in [0, 0.05) is 48.8 Å². The Bertz CT molecular complexity index is 1940. The number of methoxy groups -OCH3 is 1. The molecule has 4 aliphatic rings. The zero-order valence-electron chi connectivity index (χ0n) is 32.2. The Morgan fingerprint density at radius 1 is 1.00 bits per heavy atom. The smallest absolute Gasteiger partial charge is 0.269 e. The number of carbonyl (C=O) groups excluding carboxylic acids is 3. The molecule has 3 fully saturated rings. The molecule has 0 unspecified atom stereocenters. The number of hydrogen-bond acceptors (Lipinski definition) is 8. The summed E-state index contributed by atoms with van der Waals surface area (Å²) in [5, 5.41) is 23.4. The van der Waals surface area contributed by atoms with E-state index in [0.717, 1.165) is 60.7 Å². The number of aliphatic hydroxyl groups is 1. The number of anilines is 2. The van der Waals surface area contributed by atoms with Gasteiger partial charge in [0.05, 0.1) is 57.5 Å². The highest BCUT2D eigenvalue weighted by atomic mass is 28.3. The highest BCUT2D eigenvalue weighted by molar-refractivity contribution is 6.91. The molecular formula is C42H52N4O8Si. The van der Waals surface area contributed by atoms with E-state index in [2.05, 4.69) is 25.2 Å². The minimum absolute atomic E-state index is 0.0219. The van der Waals surface area contributed by atoms with Gasteiger partial charge < -0.3 is 29.3 Å². The van der Waals surface area contributed by atoms with E-state index in [4.69, 9.17) is 9.47 Å². The van der Waals surface area contributed by atoms with Crippen LogP contribution in [-0.4, -0.2) is 79.7 Å². The number of ether oxygens (including phenoxy) is 2. The summed E-state index contributed by atoms with van der Waals surface area (Å²) >= 11 is 0. The van der Waals surface area contributed by atoms with E-state index in [9.17, 15) is 24.8 Å². The van der Waals surface area contributed by atoms with Gasteiger partial charge >= 0.3 is 0 Å². The number of hydrogen-bond donors (Lipinski definition) is 1. The number of nitro groups is 1. The first-order valence-electron chi connectivity index (χ1n) is 19.6. The van der Waals surface area contributed by atoms with E-state index >= 15 is 4.79 Å². The third kappa shape index (κ3) is 6.95. The summed E-state index contributed by atoms with van der Waals surface area (Å²) in [4.78, 5) is 59.3. The maximum absolute atomic E-state index is 15.2. The molecule has 0 aliphatic carbocycles. The van der Waals surface area contributed by atoms with Gasteiger partial charge in [0.2, 0.25) is 11.8 Å². The quantitative estimate of drug-likeness (QED) is 0.150. The summed E-state index contributed by atoms with van der Waals surface area (Å²) in [5.74, 6) is -0.0591. The molecule has 0 aromatic heterocycles. The topological polar surface area (TPSA) is 143 Å². The van der Waals surface area contributed by atoms with Gasteiger partial charge in [-0.1, -0.05) is 62.3 Å². The lowest BCUT2D eigenvalue weighted by atomic mass is 9.82. The normalized spacial score (nSPS) is 25.7. The Hall–Kier alpha value is -4.59. The van der Waals surface area contributed by atoms with Crippen molar-refractivity contribution in [2.45, 2.75) is 101 Å². The molecule has 0 saturated carbocycles. The van der Waals surface area contributed by atoms with Gasteiger partial charge in [-0.15, -0.1) is 0 Å². The fourth-order valence-electron chi connectivity index (χ4n) is 9.81. The lowest BCUT2D eigenvalue weighted by Crippen LogP contribution is -2.52. The van der Waals surface area contributed by atoms with Gasteiger partial charge in [-0.2, -0.15) is 0 Å². The number of amides is 3. The average Bonchev–Trinajstić information content (AvgIpc) is 3.84. The number of fused-ring (bicyclic) bond motifs is 2. The molecule has 1 N–H and O–H groups in total. The summed E-state index contributed by atoms with van der Waals surface area (Å²) in [6.45, 7) is 7.75. The maximum atomic E-state index is 15.2. The number of benzene rings is 3. The van der Waals surface area contributed by atoms with Crippen molar-refractivity contribution < 1.29 is 33.9 Å². The second-order valence-electron chi connectivity index (χ2n) is 16.2. The highest BCUT2D eigenvalue weighted by Gasteiger charge is 2.67. The summed E-state index contributed by atoms with van der Waals surface area (Å²) < 4.78 is 12.6. The third-order valence-electron chi connectivity index (χ3n) is 12.7. The first-order chi connectivity index (χ1) is 26.4. The largest absolute Gasteiger partial charge is 0.497 e. The van der Waals surface area contributed by atoms with Crippen LogP contribution in [-0.2, 0) is 31.3 Å². The van der Waals surface area contributed by atoms with Crippen molar-refractivity contribution in [1.82, 2.24) is 4.90 Å². The Labute approximate surface area is 323 Å². The maximum Gasteiger partial charge on any atom is 0.269 e. The van der Waals surface area contributed by atoms with Crippen LogP contribution in [0.25, 0.3) is 0 Å². The molecule has 13 heteroatoms. The van der Waals surface area contributed by atoms with E-state index in [1.165, 1.54) is 12.1 Å². The summed E-state index contributed by atoms with van der Waals surface area (Å²) in [7, 11) is -0.969. The average molecular weight is 769 g/mol. The molecule has 4 heterocycles. The summed E-state index contributed by atoms with van der Waals surface area (Å²) in [6.07, 6.45) is 5.41. The van der Waals surface area contributed by atoms with Crippen LogP contribution in [0.4, 0.5) is 17.1 Å². The number of non-ortho nitro benzene ring substituents is 1. The van der Waals surface area contributed by atoms with Crippen LogP contribution in [0.5, 0.6) is 5.75 Å². The number of nitrogens with zero attached hydrogens (tertiary/aromatic N) is 4. The third-order valence-corrected chi connectivity index (χ3v) is 17.1. The van der Waals surface area contributed by atoms with Crippen molar-refractivity contribution in [2.75, 3.05) is 36.6 Å². The zero-order chi connectivity index (χ0) is 39.1. The van der Waals surface area contributed by atoms with Gasteiger partial charge in [-0.3, -0.25) is 24.5 Å². The fourth-order valence-corrected chi connectivity index (χ4v) is 13.8. The van der Waals surface area contributed by atoms with E-state index in [1.807, 2.05) is 48.2 Å². The predicted molar refractivity (Wildman–Crippen MR) is 212 cm³/mol. The minimum Gasteiger partial charge on any atom is -0.497 e. The summed E-state index contributed by atoms with van der Waals surface area (Å²) in [6, 6.07) is 19.9. The standard InChI is InChI=1S/C42H52N4O8Si/c1-28-40(55(3,4)34-19-17-33(53-2)18-20-34)37(25-39(49)44-23-9-10-32(44)27-47)54-42(28)35-24-31(46(51)52)16-21-36(35)45(41(42)50)26-29-12-14-30(15-13-29)43-22-8-6-5-7-11-38(43)48/h12-21,24,28,32,37,40,47H,5-11,22-23,25-27H2,1-4H3/t28-,32-,37+,40-,42+/m0/s1. The second-order valence-corrected chi connectivity index (χ2v) is 20.8. The zero-order valence-corrected chi connectivity index (χ0v) is 33.2. The van der Waals surface area contributed by atoms with Crippen molar-refractivity contribution in [3.8, 4) is 5.75 Å². The van der Waals surface area contributed by atoms with Crippen molar-refractivity contribution in [2.24, 2.45) is 5.92 Å². The SMILES string of the molecule is COc1ccc([Si](C)(C)[C@@H]2[C@@H](CC(=O)N3CCC[C@H]3CO)O[C@]3(C(=O)N(Cc4ccc(N5CCCCCCC5=O)cc4)c4ccc([N+](=O)[O-])cc43)[C@H]2C)cc1. The van der Waals surface area contributed by atoms with Crippen LogP contribution in [0, 0.1) is 16.0 Å². The van der Waals surface area contributed by atoms with Crippen LogP contribution in [0.2, 0.25) is 18.6 Å². The van der Waals surface area contributed by atoms with Crippen molar-refractivity contribution in [1.29, 1.82) is 0 Å². The molecule has 7 rings (SSSR count). The van der Waals surface area contributed by atoms with E-state index in [1.54, 1.807) is 23.0 Å². The number of likely N-dealkylation sites (tertiary alicyclic amines) is 1. The Morgan fingerprint density at radius 3 is 2.42 bits per heavy atom. The van der Waals surface area contributed by atoms with Crippen molar-refractivity contribution >= 4 is 48.0 Å². The number of carbonyl (C=O) groups is 3. The molecule has 0 bridgehead atoms. The van der Waals surface area contributed by atoms with E-state index < -0.39 is 30.6 Å². The van der Waals surface area contributed by atoms with E-state index in [0.29, 0.717) is 30.8 Å². The van der Waals surface area contributed by atoms with Gasteiger partial charge in [-0.05, 0) is 67.1 Å². The minimum atomic E-state index is -2.59. The Kier molecular flexibility index (Phi) is 10.9. The molecule has 3 aromatic carbocycles. The van der Waals surface area contributed by atoms with Gasteiger partial charge in [0.25, 0.3) is 11.6 Å². The second kappa shape index (κ2) is 15.5. The lowest BCUT2D eigenvalue weighted by Gasteiger charge is -2.37. The molecule has 55 heavy (non-hydrogen) atoms. The van der Waals surface area contributed by atoms with Crippen LogP contribution >= 0.6 is 0 Å². The molecule has 3 aromatic rings. The lowest BCUT2D eigenvalue weighted by molar-refractivity contribution is -0.385. The predicted octanol–water partition coefficient (Wildman–Crippen LogP) is 6.04. The summed E-state index contributed by atoms with van der Waals surface area (Å²) in [5.41, 5.74) is 0.680. The monoisotopic (exact) mass is 768 g/mol. The van der Waals surface area contributed by atoms with Crippen LogP contribution in [0.3, 0.4) is 0 Å². The van der Waals surface area contributed by atoms with Gasteiger partial charge in [0.1, 0.15) is 5.75 Å². The first-order valence-corrected chi connectivity index (χ1v) is 22.7. The molecule has 3 amide bonds. The molecule has 3 saturated heterocycles. The van der Waals surface area contributed by atoms with Gasteiger partial charge in [-0.25, -0.2) is 0 Å². The number of aliphatic hydroxyl groups excluding tert-OH is 1. The number of nitro benzene ring substituents is 1. The van der Waals surface area contributed by atoms with Crippen LogP contribution in [0.15, 0.2) is 66.7 Å². The Morgan fingerprint density at radius 2 is 1.73 bits per heavy atom. The van der Waals surface area contributed by atoms with Crippen molar-refractivity contribution in [3.63, 3.8) is 0 Å². The highest BCUT2D eigenvalue weighted by Crippen LogP contribution is 2.60. The molecular weight excluding hydrogens is 717 g/mol. The Balaban J connectivity index is 1.27. The molecule has 292 valence electrons. The molecule has 5 atom stereocenters. The fraction of sp³-hybridized carbons (Fsp3) is 0.500. The molecule has 0 radical (unpaired) electrons. The molecule has 12 nitrogen and oxygen atoms in total. The molecule has 1 spiro atoms. The van der Waals surface area contributed by atoms with Gasteiger partial charge in [0.15, 0.2) is 5.60 Å². The van der Waals surface area contributed by atoms with Crippen molar-refractivity contribution in [3.05, 3.63) is 88.0 Å². The van der Waals surface area contributed by atoms with Crippen LogP contribution < -0.4 is 19.7 Å². The van der Waals surface area contributed by atoms with E-state index in [-0.39, 0.29) is 54.6 Å². The first kappa shape index (κ1) is 38.7. The molecule has 4 aliphatic heterocycles. The van der Waals surface area contributed by atoms with Crippen LogP contribution in [0.1, 0.15) is 69.4 Å². The number of rotatable bonds is 10.